The molecule has 0 aliphatic heterocycles. The van der Waals surface area contributed by atoms with Crippen LogP contribution in [-0.4, -0.2) is 24.5 Å². The van der Waals surface area contributed by atoms with Crippen molar-refractivity contribution < 1.29 is 17.8 Å². The lowest BCUT2D eigenvalue weighted by Crippen LogP contribution is -2.42. The van der Waals surface area contributed by atoms with Crippen molar-refractivity contribution in [3.05, 3.63) is 83.5 Å². The maximum atomic E-state index is 11.8. The van der Waals surface area contributed by atoms with E-state index in [1.165, 1.54) is 25.4 Å². The fraction of sp³-hybridized carbons (Fsp3) is 0.321. The van der Waals surface area contributed by atoms with Gasteiger partial charge in [0.05, 0.1) is 23.0 Å². The van der Waals surface area contributed by atoms with E-state index >= 15 is 0 Å². The van der Waals surface area contributed by atoms with Crippen LogP contribution in [0.4, 0.5) is 0 Å². The Kier molecular flexibility index (Phi) is 9.42. The fourth-order valence-electron chi connectivity index (χ4n) is 5.62. The quantitative estimate of drug-likeness (QED) is 0.151. The lowest BCUT2D eigenvalue weighted by atomic mass is 9.70. The first-order valence-electron chi connectivity index (χ1n) is 11.8. The minimum Gasteiger partial charge on any atom is -0.748 e. The smallest absolute Gasteiger partial charge is 0.193 e. The number of hydrogen-bond acceptors (Lipinski definition) is 4. The molecule has 2 aliphatic carbocycles. The molecule has 5 rings (SSSR count). The summed E-state index contributed by atoms with van der Waals surface area (Å²) in [5.74, 6) is -0.280. The van der Waals surface area contributed by atoms with Crippen LogP contribution in [-0.2, 0) is 25.8 Å². The van der Waals surface area contributed by atoms with Gasteiger partial charge in [0.1, 0.15) is 16.7 Å². The number of Topliss-reactive ketones (excluding diaryl/α,β-unsaturated/α-hetero) is 1. The SMILES string of the molecule is CC1(C)C2CCC1(CS(=O)(=O)[O-])C(=O)C2.Ic1cc(I)c([S+](c2ccccc2)c2ccccc2)c(I)c1. The number of benzene rings is 3. The van der Waals surface area contributed by atoms with Gasteiger partial charge < -0.3 is 4.55 Å². The van der Waals surface area contributed by atoms with Gasteiger partial charge in [-0.25, -0.2) is 8.42 Å². The Hall–Kier alpha value is -0.220. The molecule has 37 heavy (non-hydrogen) atoms. The Morgan fingerprint density at radius 1 is 0.919 bits per heavy atom. The molecule has 2 saturated carbocycles. The largest absolute Gasteiger partial charge is 0.748 e. The Morgan fingerprint density at radius 2 is 1.41 bits per heavy atom. The molecule has 9 heteroatoms. The van der Waals surface area contributed by atoms with Gasteiger partial charge in [-0.3, -0.25) is 4.79 Å². The van der Waals surface area contributed by atoms with Crippen molar-refractivity contribution in [2.75, 3.05) is 5.75 Å². The first kappa shape index (κ1) is 29.8. The Morgan fingerprint density at radius 3 is 1.78 bits per heavy atom. The molecule has 2 atom stereocenters. The van der Waals surface area contributed by atoms with E-state index in [0.717, 1.165) is 6.42 Å². The minimum absolute atomic E-state index is 0.0248. The third kappa shape index (κ3) is 6.26. The predicted molar refractivity (Wildman–Crippen MR) is 173 cm³/mol. The number of ketones is 1. The highest BCUT2D eigenvalue weighted by Crippen LogP contribution is 2.64. The van der Waals surface area contributed by atoms with E-state index in [-0.39, 0.29) is 28.0 Å². The number of hydrogen-bond donors (Lipinski definition) is 0. The van der Waals surface area contributed by atoms with Crippen LogP contribution in [0.25, 0.3) is 0 Å². The molecule has 196 valence electrons. The van der Waals surface area contributed by atoms with Crippen molar-refractivity contribution in [2.45, 2.75) is 47.8 Å². The monoisotopic (exact) mass is 872 g/mol. The first-order valence-corrected chi connectivity index (χ1v) is 17.9. The number of halogens is 3. The molecule has 0 N–H and O–H groups in total. The van der Waals surface area contributed by atoms with Crippen molar-refractivity contribution in [2.24, 2.45) is 16.7 Å². The Labute approximate surface area is 263 Å². The van der Waals surface area contributed by atoms with E-state index in [4.69, 9.17) is 0 Å². The summed E-state index contributed by atoms with van der Waals surface area (Å²) in [7, 11) is -4.39. The van der Waals surface area contributed by atoms with Gasteiger partial charge in [-0.05, 0) is 128 Å². The van der Waals surface area contributed by atoms with E-state index in [1.807, 2.05) is 13.8 Å². The average Bonchev–Trinajstić information content (AvgIpc) is 3.16. The molecule has 3 aromatic rings. The predicted octanol–water partition coefficient (Wildman–Crippen LogP) is 7.52. The summed E-state index contributed by atoms with van der Waals surface area (Å²) in [5, 5.41) is 0. The number of fused-ring (bicyclic) bond motifs is 2. The Bertz CT molecular complexity index is 1330. The van der Waals surface area contributed by atoms with Crippen molar-refractivity contribution in [3.63, 3.8) is 0 Å². The van der Waals surface area contributed by atoms with Gasteiger partial charge in [-0.1, -0.05) is 50.2 Å². The topological polar surface area (TPSA) is 74.3 Å². The standard InChI is InChI=1S/C18H12I3S.C10H16O4S/c19-13-11-16(20)18(17(21)12-13)22(14-7-3-1-4-8-14)15-9-5-2-6-10-15;1-9(2)7-3-4-10(9,8(11)5-7)6-15(12,13)14/h1-12H;7H,3-6H2,1-2H3,(H,12,13,14)/q+1;/p-1. The van der Waals surface area contributed by atoms with E-state index in [2.05, 4.69) is 141 Å². The summed E-state index contributed by atoms with van der Waals surface area (Å²) in [5.41, 5.74) is -1.22. The van der Waals surface area contributed by atoms with Crippen LogP contribution in [0, 0.1) is 27.5 Å². The van der Waals surface area contributed by atoms with Gasteiger partial charge in [-0.2, -0.15) is 0 Å². The van der Waals surface area contributed by atoms with Crippen LogP contribution < -0.4 is 0 Å². The number of rotatable bonds is 5. The van der Waals surface area contributed by atoms with Gasteiger partial charge in [-0.15, -0.1) is 0 Å². The summed E-state index contributed by atoms with van der Waals surface area (Å²) in [4.78, 5) is 16.0. The van der Waals surface area contributed by atoms with Crippen LogP contribution in [0.2, 0.25) is 0 Å². The first-order chi connectivity index (χ1) is 17.4. The normalized spacial score (nSPS) is 22.1. The molecule has 2 aliphatic rings. The van der Waals surface area contributed by atoms with Gasteiger partial charge >= 0.3 is 0 Å². The van der Waals surface area contributed by atoms with E-state index in [9.17, 15) is 17.8 Å². The van der Waals surface area contributed by atoms with E-state index in [1.54, 1.807) is 0 Å². The highest BCUT2D eigenvalue weighted by Gasteiger charge is 2.64. The summed E-state index contributed by atoms with van der Waals surface area (Å²) < 4.78 is 36.7. The maximum absolute atomic E-state index is 11.8. The average molecular weight is 872 g/mol. The second-order valence-corrected chi connectivity index (χ2v) is 16.9. The summed E-state index contributed by atoms with van der Waals surface area (Å²) in [6.07, 6.45) is 1.88. The molecular formula is C28H27I3O4S2. The fourth-order valence-corrected chi connectivity index (χ4v) is 13.9. The van der Waals surface area contributed by atoms with Gasteiger partial charge in [0.25, 0.3) is 0 Å². The summed E-state index contributed by atoms with van der Waals surface area (Å²) >= 11 is 7.35. The van der Waals surface area contributed by atoms with Crippen LogP contribution in [0.5, 0.6) is 0 Å². The molecule has 0 heterocycles. The Balaban J connectivity index is 0.000000186. The minimum atomic E-state index is -4.33. The lowest BCUT2D eigenvalue weighted by molar-refractivity contribution is -0.128. The highest BCUT2D eigenvalue weighted by molar-refractivity contribution is 14.1. The third-order valence-corrected chi connectivity index (χ3v) is 13.9. The maximum Gasteiger partial charge on any atom is 0.193 e. The molecular weight excluding hydrogens is 845 g/mol. The van der Waals surface area contributed by atoms with Crippen LogP contribution in [0.3, 0.4) is 0 Å². The molecule has 2 unspecified atom stereocenters. The third-order valence-electron chi connectivity index (χ3n) is 7.69. The number of carbonyl (C=O) groups excluding carboxylic acids is 1. The molecule has 3 aromatic carbocycles. The van der Waals surface area contributed by atoms with Crippen molar-refractivity contribution in [1.29, 1.82) is 0 Å². The van der Waals surface area contributed by atoms with Crippen molar-refractivity contribution in [1.82, 2.24) is 0 Å². The molecule has 4 nitrogen and oxygen atoms in total. The highest BCUT2D eigenvalue weighted by atomic mass is 127. The van der Waals surface area contributed by atoms with E-state index < -0.39 is 21.3 Å². The molecule has 0 amide bonds. The molecule has 0 spiro atoms. The van der Waals surface area contributed by atoms with E-state index in [0.29, 0.717) is 12.8 Å². The summed E-state index contributed by atoms with van der Waals surface area (Å²) in [6.45, 7) is 3.83. The molecule has 2 bridgehead atoms. The molecule has 2 fully saturated rings. The van der Waals surface area contributed by atoms with Crippen molar-refractivity contribution >= 4 is 94.6 Å². The van der Waals surface area contributed by atoms with Crippen LogP contribution in [0.15, 0.2) is 87.5 Å². The lowest BCUT2D eigenvalue weighted by Gasteiger charge is -2.37. The van der Waals surface area contributed by atoms with Crippen LogP contribution >= 0.6 is 67.8 Å². The second-order valence-electron chi connectivity index (χ2n) is 10.00. The van der Waals surface area contributed by atoms with Crippen LogP contribution in [0.1, 0.15) is 33.1 Å². The molecule has 0 radical (unpaired) electrons. The zero-order valence-corrected chi connectivity index (χ0v) is 28.5. The summed E-state index contributed by atoms with van der Waals surface area (Å²) in [6, 6.07) is 26.2. The second kappa shape index (κ2) is 11.7. The molecule has 0 aromatic heterocycles. The number of carbonyl (C=O) groups is 1. The molecule has 0 saturated heterocycles. The van der Waals surface area contributed by atoms with Gasteiger partial charge in [0.2, 0.25) is 0 Å². The van der Waals surface area contributed by atoms with Gasteiger partial charge in [0.15, 0.2) is 14.7 Å². The zero-order chi connectivity index (χ0) is 27.0. The van der Waals surface area contributed by atoms with Crippen molar-refractivity contribution in [3.8, 4) is 0 Å². The zero-order valence-electron chi connectivity index (χ0n) is 20.4. The van der Waals surface area contributed by atoms with Gasteiger partial charge in [0, 0.05) is 15.4 Å².